The molecule has 7 heteroatoms. The summed E-state index contributed by atoms with van der Waals surface area (Å²) in [5.74, 6) is 1.35. The van der Waals surface area contributed by atoms with Gasteiger partial charge in [-0.05, 0) is 37.8 Å². The molecular weight excluding hydrogens is 322 g/mol. The molecule has 3 aromatic rings. The van der Waals surface area contributed by atoms with Crippen LogP contribution in [0.4, 0.5) is 0 Å². The summed E-state index contributed by atoms with van der Waals surface area (Å²) in [5, 5.41) is 8.08. The van der Waals surface area contributed by atoms with E-state index in [1.807, 2.05) is 28.7 Å². The monoisotopic (exact) mass is 343 g/mol. The van der Waals surface area contributed by atoms with Crippen LogP contribution in [-0.4, -0.2) is 48.7 Å². The molecule has 24 heavy (non-hydrogen) atoms. The molecule has 6 nitrogen and oxygen atoms in total. The van der Waals surface area contributed by atoms with Crippen LogP contribution in [0, 0.1) is 0 Å². The van der Waals surface area contributed by atoms with Crippen LogP contribution in [0.3, 0.4) is 0 Å². The number of nitrogens with one attached hydrogen (secondary N) is 1. The van der Waals surface area contributed by atoms with Crippen LogP contribution in [0.2, 0.25) is 0 Å². The van der Waals surface area contributed by atoms with E-state index in [1.54, 1.807) is 0 Å². The Hall–Kier alpha value is -2.02. The quantitative estimate of drug-likeness (QED) is 0.739. The maximum Gasteiger partial charge on any atom is 0.233 e. The number of amides is 1. The van der Waals surface area contributed by atoms with Gasteiger partial charge in [0.05, 0.1) is 16.8 Å². The molecule has 1 saturated heterocycles. The smallest absolute Gasteiger partial charge is 0.233 e. The number of imidazole rings is 1. The maximum absolute atomic E-state index is 12.6. The zero-order valence-electron chi connectivity index (χ0n) is 13.7. The molecule has 126 valence electrons. The number of hydrogen-bond acceptors (Lipinski definition) is 4. The molecular formula is C17H21N5OS. The highest BCUT2D eigenvalue weighted by atomic mass is 32.2. The first-order valence-electron chi connectivity index (χ1n) is 8.51. The lowest BCUT2D eigenvalue weighted by molar-refractivity contribution is -0.132. The van der Waals surface area contributed by atoms with Gasteiger partial charge in [-0.3, -0.25) is 9.20 Å². The molecule has 0 radical (unpaired) electrons. The molecule has 1 atom stereocenters. The minimum atomic E-state index is 0.215. The van der Waals surface area contributed by atoms with E-state index in [0.29, 0.717) is 11.8 Å². The van der Waals surface area contributed by atoms with Gasteiger partial charge in [0.1, 0.15) is 0 Å². The first-order chi connectivity index (χ1) is 11.8. The summed E-state index contributed by atoms with van der Waals surface area (Å²) in [4.78, 5) is 19.2. The Balaban J connectivity index is 1.53. The zero-order chi connectivity index (χ0) is 16.5. The summed E-state index contributed by atoms with van der Waals surface area (Å²) >= 11 is 1.48. The summed E-state index contributed by atoms with van der Waals surface area (Å²) in [6, 6.07) is 8.37. The topological polar surface area (TPSA) is 66.3 Å². The van der Waals surface area contributed by atoms with E-state index in [-0.39, 0.29) is 5.91 Å². The minimum Gasteiger partial charge on any atom is -0.339 e. The number of carbonyl (C=O) groups excluding carboxylic acids is 1. The molecule has 1 N–H and O–H groups in total. The van der Waals surface area contributed by atoms with Crippen molar-refractivity contribution in [2.75, 3.05) is 12.3 Å². The van der Waals surface area contributed by atoms with E-state index in [9.17, 15) is 4.79 Å². The highest BCUT2D eigenvalue weighted by Gasteiger charge is 2.25. The summed E-state index contributed by atoms with van der Waals surface area (Å²) < 4.78 is 1.99. The largest absolute Gasteiger partial charge is 0.339 e. The standard InChI is InChI=1S/C17H21N5OS/c1-2-12-7-5-6-10-21(12)15(23)11-24-17-20-19-16-18-13-8-3-4-9-14(13)22(16)17/h3-4,8-9,12H,2,5-7,10-11H2,1H3,(H,18,19)/t12-/m0/s1. The fourth-order valence-electron chi connectivity index (χ4n) is 3.50. The first kappa shape index (κ1) is 15.5. The molecule has 0 unspecified atom stereocenters. The van der Waals surface area contributed by atoms with E-state index in [1.165, 1.54) is 18.2 Å². The van der Waals surface area contributed by atoms with E-state index in [0.717, 1.165) is 47.8 Å². The van der Waals surface area contributed by atoms with Crippen molar-refractivity contribution < 1.29 is 4.79 Å². The number of carbonyl (C=O) groups is 1. The number of rotatable bonds is 4. The van der Waals surface area contributed by atoms with Crippen LogP contribution in [0.5, 0.6) is 0 Å². The number of likely N-dealkylation sites (tertiary alicyclic amines) is 1. The Bertz CT molecular complexity index is 870. The third-order valence-electron chi connectivity index (χ3n) is 4.75. The number of para-hydroxylation sites is 2. The predicted molar refractivity (Wildman–Crippen MR) is 95.2 cm³/mol. The highest BCUT2D eigenvalue weighted by molar-refractivity contribution is 7.99. The van der Waals surface area contributed by atoms with Crippen molar-refractivity contribution in [3.05, 3.63) is 24.3 Å². The number of fused-ring (bicyclic) bond motifs is 3. The zero-order valence-corrected chi connectivity index (χ0v) is 14.6. The molecule has 1 aliphatic rings. The van der Waals surface area contributed by atoms with Crippen molar-refractivity contribution >= 4 is 34.5 Å². The van der Waals surface area contributed by atoms with Gasteiger partial charge in [0.15, 0.2) is 5.16 Å². The molecule has 0 bridgehead atoms. The number of benzene rings is 1. The normalized spacial score (nSPS) is 18.5. The van der Waals surface area contributed by atoms with Crippen molar-refractivity contribution in [2.24, 2.45) is 0 Å². The number of nitrogens with zero attached hydrogens (tertiary/aromatic N) is 4. The molecule has 1 amide bonds. The Morgan fingerprint density at radius 1 is 1.38 bits per heavy atom. The lowest BCUT2D eigenvalue weighted by Gasteiger charge is -2.35. The van der Waals surface area contributed by atoms with Crippen molar-refractivity contribution in [1.29, 1.82) is 0 Å². The van der Waals surface area contributed by atoms with Crippen molar-refractivity contribution in [2.45, 2.75) is 43.8 Å². The number of thioether (sulfide) groups is 1. The van der Waals surface area contributed by atoms with Gasteiger partial charge < -0.3 is 4.90 Å². The fraction of sp³-hybridized carbons (Fsp3) is 0.471. The number of H-pyrrole nitrogens is 1. The van der Waals surface area contributed by atoms with Gasteiger partial charge in [-0.15, -0.1) is 5.10 Å². The maximum atomic E-state index is 12.6. The van der Waals surface area contributed by atoms with E-state index in [4.69, 9.17) is 0 Å². The lowest BCUT2D eigenvalue weighted by atomic mass is 10.0. The first-order valence-corrected chi connectivity index (χ1v) is 9.50. The van der Waals surface area contributed by atoms with E-state index in [2.05, 4.69) is 27.0 Å². The van der Waals surface area contributed by atoms with Crippen molar-refractivity contribution in [3.63, 3.8) is 0 Å². The van der Waals surface area contributed by atoms with Gasteiger partial charge in [-0.2, -0.15) is 0 Å². The third kappa shape index (κ3) is 2.66. The van der Waals surface area contributed by atoms with Crippen LogP contribution < -0.4 is 0 Å². The average Bonchev–Trinajstić information content (AvgIpc) is 3.18. The van der Waals surface area contributed by atoms with Gasteiger partial charge in [0.25, 0.3) is 0 Å². The molecule has 3 heterocycles. The predicted octanol–water partition coefficient (Wildman–Crippen LogP) is 3.09. The molecule has 1 aliphatic heterocycles. The van der Waals surface area contributed by atoms with Gasteiger partial charge in [0, 0.05) is 12.6 Å². The Labute approximate surface area is 144 Å². The van der Waals surface area contributed by atoms with Crippen molar-refractivity contribution in [3.8, 4) is 0 Å². The lowest BCUT2D eigenvalue weighted by Crippen LogP contribution is -2.44. The highest BCUT2D eigenvalue weighted by Crippen LogP contribution is 2.25. The fourth-order valence-corrected chi connectivity index (χ4v) is 4.34. The summed E-state index contributed by atoms with van der Waals surface area (Å²) in [5.41, 5.74) is 1.95. The van der Waals surface area contributed by atoms with E-state index < -0.39 is 0 Å². The number of aromatic nitrogens is 4. The second-order valence-electron chi connectivity index (χ2n) is 6.20. The Kier molecular flexibility index (Phi) is 4.18. The molecule has 0 saturated carbocycles. The Morgan fingerprint density at radius 3 is 3.12 bits per heavy atom. The molecule has 2 aromatic heterocycles. The summed E-state index contributed by atoms with van der Waals surface area (Å²) in [6.45, 7) is 3.06. The Morgan fingerprint density at radius 2 is 2.25 bits per heavy atom. The number of hydrogen-bond donors (Lipinski definition) is 1. The minimum absolute atomic E-state index is 0.215. The summed E-state index contributed by atoms with van der Waals surface area (Å²) in [7, 11) is 0. The molecule has 0 spiro atoms. The van der Waals surface area contributed by atoms with Crippen LogP contribution in [-0.2, 0) is 4.79 Å². The summed E-state index contributed by atoms with van der Waals surface area (Å²) in [6.07, 6.45) is 4.52. The van der Waals surface area contributed by atoms with Crippen LogP contribution in [0.1, 0.15) is 32.6 Å². The van der Waals surface area contributed by atoms with Gasteiger partial charge in [-0.1, -0.05) is 30.8 Å². The van der Waals surface area contributed by atoms with Gasteiger partial charge in [0.2, 0.25) is 11.7 Å². The van der Waals surface area contributed by atoms with Gasteiger partial charge >= 0.3 is 0 Å². The van der Waals surface area contributed by atoms with Gasteiger partial charge in [-0.25, -0.2) is 10.1 Å². The number of aromatic amines is 1. The number of piperidine rings is 1. The molecule has 4 rings (SSSR count). The SMILES string of the molecule is CC[C@H]1CCCCN1C(=O)CSc1n[nH]c2nc3ccccc3n12. The van der Waals surface area contributed by atoms with Crippen LogP contribution in [0.15, 0.2) is 29.4 Å². The van der Waals surface area contributed by atoms with E-state index >= 15 is 0 Å². The van der Waals surface area contributed by atoms with Crippen LogP contribution >= 0.6 is 11.8 Å². The molecule has 1 fully saturated rings. The molecule has 0 aliphatic carbocycles. The van der Waals surface area contributed by atoms with Crippen molar-refractivity contribution in [1.82, 2.24) is 24.5 Å². The average molecular weight is 343 g/mol. The molecule has 1 aromatic carbocycles. The van der Waals surface area contributed by atoms with Crippen LogP contribution in [0.25, 0.3) is 16.8 Å². The second-order valence-corrected chi connectivity index (χ2v) is 7.14. The second kappa shape index (κ2) is 6.47. The third-order valence-corrected chi connectivity index (χ3v) is 5.67.